The van der Waals surface area contributed by atoms with Crippen LogP contribution in [0.3, 0.4) is 0 Å². The van der Waals surface area contributed by atoms with Gasteiger partial charge in [-0.05, 0) is 24.1 Å². The zero-order valence-electron chi connectivity index (χ0n) is 14.6. The van der Waals surface area contributed by atoms with Crippen LogP contribution in [0.15, 0.2) is 73.3 Å². The molecule has 0 bridgehead atoms. The SMILES string of the molecule is C=CCCNCC(C)C(OC)(c1ccccc1)c1ccccc1.Cl. The number of ether oxygens (including phenoxy) is 1. The first-order valence-corrected chi connectivity index (χ1v) is 8.23. The van der Waals surface area contributed by atoms with E-state index < -0.39 is 5.60 Å². The van der Waals surface area contributed by atoms with E-state index in [1.165, 1.54) is 11.1 Å². The molecule has 0 saturated heterocycles. The van der Waals surface area contributed by atoms with E-state index >= 15 is 0 Å². The molecular weight excluding hydrogens is 318 g/mol. The predicted molar refractivity (Wildman–Crippen MR) is 105 cm³/mol. The lowest BCUT2D eigenvalue weighted by atomic mass is 9.76. The summed E-state index contributed by atoms with van der Waals surface area (Å²) < 4.78 is 6.17. The summed E-state index contributed by atoms with van der Waals surface area (Å²) in [5.74, 6) is 0.280. The van der Waals surface area contributed by atoms with Crippen molar-refractivity contribution in [1.29, 1.82) is 0 Å². The third-order valence-electron chi connectivity index (χ3n) is 4.40. The summed E-state index contributed by atoms with van der Waals surface area (Å²) in [6, 6.07) is 21.0. The van der Waals surface area contributed by atoms with Gasteiger partial charge in [0.25, 0.3) is 0 Å². The van der Waals surface area contributed by atoms with Crippen LogP contribution in [0, 0.1) is 5.92 Å². The van der Waals surface area contributed by atoms with Crippen molar-refractivity contribution in [1.82, 2.24) is 5.32 Å². The molecule has 0 aliphatic rings. The molecule has 2 aromatic rings. The molecule has 0 heterocycles. The molecule has 1 atom stereocenters. The van der Waals surface area contributed by atoms with E-state index in [1.807, 2.05) is 18.2 Å². The maximum absolute atomic E-state index is 6.17. The molecule has 2 aromatic carbocycles. The van der Waals surface area contributed by atoms with E-state index in [2.05, 4.69) is 67.4 Å². The van der Waals surface area contributed by atoms with E-state index in [9.17, 15) is 0 Å². The van der Waals surface area contributed by atoms with Gasteiger partial charge in [0.2, 0.25) is 0 Å². The summed E-state index contributed by atoms with van der Waals surface area (Å²) in [4.78, 5) is 0. The number of benzene rings is 2. The second-order valence-electron chi connectivity index (χ2n) is 5.85. The van der Waals surface area contributed by atoms with Gasteiger partial charge in [0.15, 0.2) is 0 Å². The summed E-state index contributed by atoms with van der Waals surface area (Å²) in [5, 5.41) is 3.51. The van der Waals surface area contributed by atoms with Crippen LogP contribution in [0.1, 0.15) is 24.5 Å². The minimum absolute atomic E-state index is 0. The number of methoxy groups -OCH3 is 1. The fraction of sp³-hybridized carbons (Fsp3) is 0.333. The Hall–Kier alpha value is -1.61. The second kappa shape index (κ2) is 10.3. The maximum atomic E-state index is 6.17. The summed E-state index contributed by atoms with van der Waals surface area (Å²) in [6.07, 6.45) is 2.92. The highest BCUT2D eigenvalue weighted by molar-refractivity contribution is 5.85. The fourth-order valence-corrected chi connectivity index (χ4v) is 3.21. The summed E-state index contributed by atoms with van der Waals surface area (Å²) in [7, 11) is 1.81. The highest BCUT2D eigenvalue weighted by atomic mass is 35.5. The van der Waals surface area contributed by atoms with Crippen molar-refractivity contribution in [2.75, 3.05) is 20.2 Å². The lowest BCUT2D eigenvalue weighted by Crippen LogP contribution is -2.42. The highest BCUT2D eigenvalue weighted by Gasteiger charge is 2.39. The first-order chi connectivity index (χ1) is 11.3. The van der Waals surface area contributed by atoms with E-state index in [0.717, 1.165) is 19.5 Å². The van der Waals surface area contributed by atoms with Crippen molar-refractivity contribution >= 4 is 12.4 Å². The number of rotatable bonds is 9. The van der Waals surface area contributed by atoms with Gasteiger partial charge in [-0.3, -0.25) is 0 Å². The molecule has 1 N–H and O–H groups in total. The Morgan fingerprint density at radius 1 is 1.04 bits per heavy atom. The zero-order chi connectivity index (χ0) is 16.5. The van der Waals surface area contributed by atoms with Crippen LogP contribution >= 0.6 is 12.4 Å². The molecule has 0 aliphatic carbocycles. The average molecular weight is 346 g/mol. The molecule has 2 rings (SSSR count). The number of halogens is 1. The van der Waals surface area contributed by atoms with Crippen molar-refractivity contribution < 1.29 is 4.74 Å². The molecule has 0 saturated carbocycles. The Kier molecular flexibility index (Phi) is 8.77. The zero-order valence-corrected chi connectivity index (χ0v) is 15.4. The third-order valence-corrected chi connectivity index (χ3v) is 4.40. The second-order valence-corrected chi connectivity index (χ2v) is 5.85. The Morgan fingerprint density at radius 3 is 1.96 bits per heavy atom. The Morgan fingerprint density at radius 2 is 1.54 bits per heavy atom. The lowest BCUT2D eigenvalue weighted by Gasteiger charge is -2.39. The van der Waals surface area contributed by atoms with Crippen molar-refractivity contribution in [3.8, 4) is 0 Å². The Bertz CT molecular complexity index is 546. The molecular formula is C21H28ClNO. The lowest BCUT2D eigenvalue weighted by molar-refractivity contribution is -0.0230. The molecule has 0 fully saturated rings. The minimum Gasteiger partial charge on any atom is -0.368 e. The quantitative estimate of drug-likeness (QED) is 0.520. The molecule has 2 nitrogen and oxygen atoms in total. The number of nitrogens with one attached hydrogen (secondary N) is 1. The average Bonchev–Trinajstić information content (AvgIpc) is 2.62. The van der Waals surface area contributed by atoms with Crippen molar-refractivity contribution in [3.63, 3.8) is 0 Å². The predicted octanol–water partition coefficient (Wildman–Crippen LogP) is 4.80. The largest absolute Gasteiger partial charge is 0.368 e. The van der Waals surface area contributed by atoms with Gasteiger partial charge in [0.05, 0.1) is 0 Å². The molecule has 3 heteroatoms. The highest BCUT2D eigenvalue weighted by Crippen LogP contribution is 2.39. The van der Waals surface area contributed by atoms with E-state index in [0.29, 0.717) is 0 Å². The molecule has 0 aromatic heterocycles. The molecule has 24 heavy (non-hydrogen) atoms. The minimum atomic E-state index is -0.455. The summed E-state index contributed by atoms with van der Waals surface area (Å²) in [5.41, 5.74) is 1.92. The van der Waals surface area contributed by atoms with Crippen LogP contribution in [-0.4, -0.2) is 20.2 Å². The molecule has 1 unspecified atom stereocenters. The van der Waals surface area contributed by atoms with Crippen LogP contribution in [0.4, 0.5) is 0 Å². The van der Waals surface area contributed by atoms with Gasteiger partial charge in [-0.2, -0.15) is 0 Å². The Labute approximate surface area is 152 Å². The monoisotopic (exact) mass is 345 g/mol. The maximum Gasteiger partial charge on any atom is 0.121 e. The van der Waals surface area contributed by atoms with Gasteiger partial charge >= 0.3 is 0 Å². The van der Waals surface area contributed by atoms with Crippen molar-refractivity contribution in [2.24, 2.45) is 5.92 Å². The fourth-order valence-electron chi connectivity index (χ4n) is 3.21. The molecule has 0 spiro atoms. The molecule has 0 radical (unpaired) electrons. The standard InChI is InChI=1S/C21H27NO.ClH/c1-4-5-16-22-17-18(2)21(23-3,19-12-8-6-9-13-19)20-14-10-7-11-15-20;/h4,6-15,18,22H,1,5,16-17H2,2-3H3;1H. The molecule has 0 aliphatic heterocycles. The molecule has 130 valence electrons. The van der Waals surface area contributed by atoms with Crippen LogP contribution in [0.2, 0.25) is 0 Å². The molecule has 0 amide bonds. The van der Waals surface area contributed by atoms with Crippen LogP contribution in [-0.2, 0) is 10.3 Å². The van der Waals surface area contributed by atoms with Gasteiger partial charge < -0.3 is 10.1 Å². The number of hydrogen-bond acceptors (Lipinski definition) is 2. The van der Waals surface area contributed by atoms with Gasteiger partial charge in [-0.1, -0.05) is 73.7 Å². The third kappa shape index (κ3) is 4.47. The number of hydrogen-bond donors (Lipinski definition) is 1. The normalized spacial score (nSPS) is 12.2. The summed E-state index contributed by atoms with van der Waals surface area (Å²) >= 11 is 0. The Balaban J connectivity index is 0.00000288. The van der Waals surface area contributed by atoms with Crippen molar-refractivity contribution in [3.05, 3.63) is 84.4 Å². The van der Waals surface area contributed by atoms with Gasteiger partial charge in [-0.25, -0.2) is 0 Å². The van der Waals surface area contributed by atoms with Gasteiger partial charge in [0.1, 0.15) is 5.60 Å². The van der Waals surface area contributed by atoms with E-state index in [-0.39, 0.29) is 18.3 Å². The van der Waals surface area contributed by atoms with E-state index in [1.54, 1.807) is 7.11 Å². The first kappa shape index (κ1) is 20.4. The van der Waals surface area contributed by atoms with Gasteiger partial charge in [0, 0.05) is 19.6 Å². The smallest absolute Gasteiger partial charge is 0.121 e. The van der Waals surface area contributed by atoms with Crippen LogP contribution in [0.5, 0.6) is 0 Å². The topological polar surface area (TPSA) is 21.3 Å². The first-order valence-electron chi connectivity index (χ1n) is 8.23. The van der Waals surface area contributed by atoms with Crippen molar-refractivity contribution in [2.45, 2.75) is 18.9 Å². The van der Waals surface area contributed by atoms with Crippen LogP contribution < -0.4 is 5.32 Å². The van der Waals surface area contributed by atoms with Gasteiger partial charge in [-0.15, -0.1) is 19.0 Å². The van der Waals surface area contributed by atoms with Crippen LogP contribution in [0.25, 0.3) is 0 Å². The summed E-state index contributed by atoms with van der Waals surface area (Å²) in [6.45, 7) is 7.84. The van der Waals surface area contributed by atoms with E-state index in [4.69, 9.17) is 4.74 Å².